The molecule has 1 aromatic carbocycles. The number of aliphatic hydroxyl groups is 8. The maximum Gasteiger partial charge on any atom is 0.328 e. The first-order chi connectivity index (χ1) is 37.2. The average molecular weight is 1120 g/mol. The predicted octanol–water partition coefficient (Wildman–Crippen LogP) is 1.22. The molecule has 22 heteroatoms. The lowest BCUT2D eigenvalue weighted by atomic mass is 9.40. The van der Waals surface area contributed by atoms with E-state index in [0.29, 0.717) is 57.8 Å². The summed E-state index contributed by atoms with van der Waals surface area (Å²) in [7, 11) is 1.21. The van der Waals surface area contributed by atoms with Gasteiger partial charge in [0.25, 0.3) is 0 Å². The van der Waals surface area contributed by atoms with E-state index in [1.54, 1.807) is 24.3 Å². The molecule has 3 aliphatic heterocycles. The average Bonchev–Trinajstić information content (AvgIpc) is 3.14. The molecule has 1 unspecified atom stereocenters. The number of amides is 2. The van der Waals surface area contributed by atoms with Crippen LogP contribution in [0.15, 0.2) is 42.5 Å². The lowest BCUT2D eigenvalue weighted by Crippen LogP contribution is -2.66. The van der Waals surface area contributed by atoms with Crippen molar-refractivity contribution in [3.8, 4) is 0 Å². The zero-order valence-electron chi connectivity index (χ0n) is 46.4. The van der Waals surface area contributed by atoms with E-state index < -0.39 is 158 Å². The molecule has 79 heavy (non-hydrogen) atoms. The molecule has 22 nitrogen and oxygen atoms in total. The molecule has 0 aromatic heterocycles. The number of carbonyl (C=O) groups is 4. The largest absolute Gasteiger partial charge is 0.481 e. The van der Waals surface area contributed by atoms with Crippen molar-refractivity contribution < 1.29 is 98.3 Å². The fourth-order valence-corrected chi connectivity index (χ4v) is 14.9. The Morgan fingerprint density at radius 1 is 0.835 bits per heavy atom. The fourth-order valence-electron chi connectivity index (χ4n) is 14.9. The number of benzene rings is 1. The highest BCUT2D eigenvalue weighted by atomic mass is 16.8. The molecule has 10 N–H and O–H groups in total. The van der Waals surface area contributed by atoms with Crippen molar-refractivity contribution in [1.29, 1.82) is 0 Å². The number of aliphatic hydroxyl groups excluding tert-OH is 8. The second kappa shape index (κ2) is 24.2. The summed E-state index contributed by atoms with van der Waals surface area (Å²) in [6.45, 7) is 13.2. The van der Waals surface area contributed by atoms with Crippen LogP contribution in [0.25, 0.3) is 0 Å². The molecular weight excluding hydrogens is 1030 g/mol. The van der Waals surface area contributed by atoms with Crippen LogP contribution in [-0.4, -0.2) is 206 Å². The molecule has 4 saturated carbocycles. The van der Waals surface area contributed by atoms with E-state index in [-0.39, 0.29) is 42.5 Å². The third-order valence-corrected chi connectivity index (χ3v) is 19.0. The van der Waals surface area contributed by atoms with Crippen LogP contribution in [0.5, 0.6) is 0 Å². The number of esters is 1. The van der Waals surface area contributed by atoms with Crippen molar-refractivity contribution >= 4 is 23.8 Å². The molecule has 2 bridgehead atoms. The molecule has 3 saturated heterocycles. The number of carboxylic acid groups (broad SMARTS) is 1. The molecule has 2 amide bonds. The van der Waals surface area contributed by atoms with Gasteiger partial charge in [-0.2, -0.15) is 0 Å². The lowest BCUT2D eigenvalue weighted by Gasteiger charge is -2.64. The van der Waals surface area contributed by atoms with Gasteiger partial charge < -0.3 is 89.3 Å². The standard InChI is InChI=1S/C57H86N2O20/c1-30-25-56-18-14-38-54(5,16-11-17-55(38,6)52(72)59(21-20-53(2,3)4)34(24-40(64)65)47(70)58-33(48(71)73-7)22-31-12-9-8-10-13-31)39(56)15-19-57(30,29-56)79-51-46(78-49-44(69)41(66)36(63)28-74-49)45(43(68)37(27-61)76-51)77-50-42(67)35(62)23-32(26-60)75-50/h8-10,12-13,32-39,41-46,49-51,60-63,66-69H,1,11,14-29H2,2-7H3,(H,58,70)(H,64,65)/t32-,33-,34?,35-,36+,37+,38-,39-,41-,42+,43+,44+,45-,46+,49-,50-,51-,54+,55+,56+,57-/m0/s1. The van der Waals surface area contributed by atoms with Gasteiger partial charge in [-0.15, -0.1) is 0 Å². The van der Waals surface area contributed by atoms with Crippen LogP contribution in [-0.2, 0) is 58.8 Å². The topological polar surface area (TPSA) is 330 Å². The summed E-state index contributed by atoms with van der Waals surface area (Å²) in [5.41, 5.74) is -1.81. The number of nitrogens with zero attached hydrogens (tertiary/aromatic N) is 1. The minimum Gasteiger partial charge on any atom is -0.481 e. The van der Waals surface area contributed by atoms with E-state index in [1.807, 2.05) is 33.8 Å². The Morgan fingerprint density at radius 3 is 2.19 bits per heavy atom. The fraction of sp³-hybridized carbons (Fsp3) is 0.789. The first kappa shape index (κ1) is 61.4. The van der Waals surface area contributed by atoms with E-state index in [1.165, 1.54) is 12.0 Å². The molecule has 21 atom stereocenters. The highest BCUT2D eigenvalue weighted by molar-refractivity contribution is 5.94. The van der Waals surface area contributed by atoms with Crippen molar-refractivity contribution in [3.05, 3.63) is 48.0 Å². The van der Waals surface area contributed by atoms with Crippen LogP contribution < -0.4 is 5.32 Å². The van der Waals surface area contributed by atoms with Crippen molar-refractivity contribution in [1.82, 2.24) is 10.2 Å². The SMILES string of the molecule is C=C1C[C@@]23CC[C@H]4[C@@](C)(CCC[C@@]4(C)C(=O)N(CCC(C)(C)C)C(CC(=O)O)C(=O)N[C@@H](Cc4ccccc4)C(=O)OC)[C@@H]2CC[C@]1(O[C@@H]1O[C@H](CO)[C@@H](O)[C@H](O[C@@H]2O[C@H](CO)C[C@H](O)[C@H]2O)[C@H]1O[C@@H]1OC[C@@H](O)[C@H](O)[C@H]1O)C3. The molecule has 0 radical (unpaired) electrons. The smallest absolute Gasteiger partial charge is 0.328 e. The van der Waals surface area contributed by atoms with Crippen LogP contribution in [0.2, 0.25) is 0 Å². The number of nitrogens with one attached hydrogen (secondary N) is 1. The second-order valence-corrected chi connectivity index (χ2v) is 25.4. The van der Waals surface area contributed by atoms with Crippen LogP contribution in [0.3, 0.4) is 0 Å². The minimum absolute atomic E-state index is 0.0269. The first-order valence-corrected chi connectivity index (χ1v) is 28.1. The number of carbonyl (C=O) groups excluding carboxylic acids is 3. The van der Waals surface area contributed by atoms with Crippen molar-refractivity contribution in [2.45, 2.75) is 216 Å². The van der Waals surface area contributed by atoms with Crippen LogP contribution in [0.4, 0.5) is 0 Å². The summed E-state index contributed by atoms with van der Waals surface area (Å²) in [6, 6.07) is 6.42. The number of aliphatic carboxylic acids is 1. The Labute approximate surface area is 461 Å². The van der Waals surface area contributed by atoms with E-state index in [2.05, 4.69) is 18.8 Å². The summed E-state index contributed by atoms with van der Waals surface area (Å²) >= 11 is 0. The number of rotatable bonds is 19. The van der Waals surface area contributed by atoms with Gasteiger partial charge in [0.1, 0.15) is 60.9 Å². The number of fused-ring (bicyclic) bond motifs is 3. The summed E-state index contributed by atoms with van der Waals surface area (Å²) in [5, 5.41) is 99.4. The van der Waals surface area contributed by atoms with Crippen molar-refractivity contribution in [2.75, 3.05) is 33.5 Å². The van der Waals surface area contributed by atoms with Gasteiger partial charge in [0.2, 0.25) is 11.8 Å². The first-order valence-electron chi connectivity index (χ1n) is 28.1. The van der Waals surface area contributed by atoms with Gasteiger partial charge >= 0.3 is 11.9 Å². The van der Waals surface area contributed by atoms with E-state index in [0.717, 1.165) is 17.6 Å². The maximum absolute atomic E-state index is 15.9. The van der Waals surface area contributed by atoms with Gasteiger partial charge in [0, 0.05) is 24.8 Å². The van der Waals surface area contributed by atoms with E-state index >= 15 is 4.79 Å². The summed E-state index contributed by atoms with van der Waals surface area (Å²) in [4.78, 5) is 57.9. The van der Waals surface area contributed by atoms with Gasteiger partial charge in [-0.3, -0.25) is 14.4 Å². The summed E-state index contributed by atoms with van der Waals surface area (Å²) in [5.74, 6) is -3.26. The normalized spacial score (nSPS) is 41.0. The number of hydrogen-bond acceptors (Lipinski definition) is 19. The monoisotopic (exact) mass is 1120 g/mol. The highest BCUT2D eigenvalue weighted by Crippen LogP contribution is 2.74. The summed E-state index contributed by atoms with van der Waals surface area (Å²) < 4.78 is 42.6. The Balaban J connectivity index is 1.08. The van der Waals surface area contributed by atoms with Gasteiger partial charge in [-0.1, -0.05) is 78.0 Å². The molecule has 444 valence electrons. The number of carboxylic acids is 1. The van der Waals surface area contributed by atoms with Gasteiger partial charge in [0.05, 0.1) is 51.2 Å². The molecule has 7 aliphatic rings. The molecule has 8 rings (SSSR count). The predicted molar refractivity (Wildman–Crippen MR) is 278 cm³/mol. The molecule has 1 spiro atoms. The molecule has 3 heterocycles. The minimum atomic E-state index is -1.81. The Morgan fingerprint density at radius 2 is 1.53 bits per heavy atom. The Hall–Kier alpha value is -3.72. The van der Waals surface area contributed by atoms with Crippen LogP contribution in [0.1, 0.15) is 117 Å². The number of ether oxygens (including phenoxy) is 7. The molecule has 4 aliphatic carbocycles. The van der Waals surface area contributed by atoms with Gasteiger partial charge in [0.15, 0.2) is 18.9 Å². The van der Waals surface area contributed by atoms with Gasteiger partial charge in [-0.25, -0.2) is 4.79 Å². The summed E-state index contributed by atoms with van der Waals surface area (Å²) in [6.07, 6.45) is -15.2. The van der Waals surface area contributed by atoms with E-state index in [4.69, 9.17) is 33.2 Å². The van der Waals surface area contributed by atoms with Crippen LogP contribution in [0, 0.1) is 33.5 Å². The number of methoxy groups -OCH3 is 1. The number of hydrogen-bond donors (Lipinski definition) is 10. The van der Waals surface area contributed by atoms with Gasteiger partial charge in [-0.05, 0) is 97.0 Å². The van der Waals surface area contributed by atoms with Crippen LogP contribution >= 0.6 is 0 Å². The zero-order valence-corrected chi connectivity index (χ0v) is 46.4. The highest BCUT2D eigenvalue weighted by Gasteiger charge is 2.69. The molecule has 7 fully saturated rings. The molecular formula is C57H86N2O20. The maximum atomic E-state index is 15.9. The quantitative estimate of drug-likeness (QED) is 0.0529. The zero-order chi connectivity index (χ0) is 57.6. The van der Waals surface area contributed by atoms with Crippen molar-refractivity contribution in [3.63, 3.8) is 0 Å². The third-order valence-electron chi connectivity index (χ3n) is 19.0. The second-order valence-electron chi connectivity index (χ2n) is 25.4. The third kappa shape index (κ3) is 12.3. The van der Waals surface area contributed by atoms with Crippen molar-refractivity contribution in [2.24, 2.45) is 33.5 Å². The Kier molecular flexibility index (Phi) is 18.8. The molecule has 1 aromatic rings. The lowest BCUT2D eigenvalue weighted by molar-refractivity contribution is -0.391. The Bertz CT molecular complexity index is 2320. The van der Waals surface area contributed by atoms with E-state index in [9.17, 15) is 60.3 Å².